The summed E-state index contributed by atoms with van der Waals surface area (Å²) in [6.07, 6.45) is -4.78. The predicted octanol–water partition coefficient (Wildman–Crippen LogP) is 1.35. The predicted molar refractivity (Wildman–Crippen MR) is 75.7 cm³/mol. The van der Waals surface area contributed by atoms with Gasteiger partial charge in [0.05, 0.1) is 19.2 Å². The van der Waals surface area contributed by atoms with Gasteiger partial charge in [-0.15, -0.1) is 13.2 Å². The number of carbonyl (C=O) groups excluding carboxylic acids is 3. The van der Waals surface area contributed by atoms with Gasteiger partial charge >= 0.3 is 6.36 Å². The number of hydrogen-bond acceptors (Lipinski definition) is 5. The molecule has 1 N–H and O–H groups in total. The molecule has 0 aliphatic carbocycles. The molecule has 0 radical (unpaired) electrons. The minimum atomic E-state index is -4.94. The van der Waals surface area contributed by atoms with E-state index in [4.69, 9.17) is 4.74 Å². The number of methoxy groups -OCH3 is 1. The number of piperidine rings is 1. The topological polar surface area (TPSA) is 84.9 Å². The van der Waals surface area contributed by atoms with E-state index in [2.05, 4.69) is 10.1 Å². The summed E-state index contributed by atoms with van der Waals surface area (Å²) in [6, 6.07) is 1.41. The van der Waals surface area contributed by atoms with Crippen molar-refractivity contribution >= 4 is 17.7 Å². The van der Waals surface area contributed by atoms with Crippen molar-refractivity contribution in [3.8, 4) is 11.5 Å². The molecule has 2 aliphatic heterocycles. The fraction of sp³-hybridized carbons (Fsp3) is 0.400. The molecule has 7 nitrogen and oxygen atoms in total. The molecule has 1 saturated heterocycles. The molecule has 1 atom stereocenters. The van der Waals surface area contributed by atoms with Gasteiger partial charge in [0.15, 0.2) is 0 Å². The zero-order valence-electron chi connectivity index (χ0n) is 13.0. The Morgan fingerprint density at radius 2 is 1.96 bits per heavy atom. The van der Waals surface area contributed by atoms with Crippen LogP contribution in [0.5, 0.6) is 11.5 Å². The van der Waals surface area contributed by atoms with Gasteiger partial charge in [-0.1, -0.05) is 0 Å². The lowest BCUT2D eigenvalue weighted by molar-refractivity contribution is -0.275. The van der Waals surface area contributed by atoms with Gasteiger partial charge in [0.1, 0.15) is 17.5 Å². The quantitative estimate of drug-likeness (QED) is 0.825. The van der Waals surface area contributed by atoms with Crippen LogP contribution in [0.2, 0.25) is 0 Å². The largest absolute Gasteiger partial charge is 0.573 e. The van der Waals surface area contributed by atoms with Gasteiger partial charge in [-0.3, -0.25) is 19.7 Å². The molecule has 0 aromatic heterocycles. The molecule has 2 heterocycles. The van der Waals surface area contributed by atoms with E-state index >= 15 is 0 Å². The Morgan fingerprint density at radius 3 is 2.56 bits per heavy atom. The van der Waals surface area contributed by atoms with Crippen molar-refractivity contribution in [1.82, 2.24) is 10.2 Å². The van der Waals surface area contributed by atoms with Crippen LogP contribution in [0.25, 0.3) is 0 Å². The van der Waals surface area contributed by atoms with Crippen molar-refractivity contribution < 1.29 is 37.0 Å². The molecule has 134 valence electrons. The number of halogens is 3. The standard InChI is InChI=1S/C15H13F3N2O5/c1-24-7-4-8-9(11(5-7)25-15(16,17)18)6-20(14(8)23)10-2-3-12(21)19-13(10)22/h4-5,10H,2-3,6H2,1H3,(H,19,21,22). The molecule has 0 spiro atoms. The zero-order chi connectivity index (χ0) is 18.4. The highest BCUT2D eigenvalue weighted by atomic mass is 19.4. The Morgan fingerprint density at radius 1 is 1.24 bits per heavy atom. The van der Waals surface area contributed by atoms with Gasteiger partial charge in [-0.25, -0.2) is 0 Å². The highest BCUT2D eigenvalue weighted by molar-refractivity contribution is 6.05. The number of benzene rings is 1. The van der Waals surface area contributed by atoms with Crippen molar-refractivity contribution in [2.24, 2.45) is 0 Å². The third-order valence-electron chi connectivity index (χ3n) is 4.05. The van der Waals surface area contributed by atoms with Gasteiger partial charge in [-0.05, 0) is 12.5 Å². The molecule has 0 bridgehead atoms. The lowest BCUT2D eigenvalue weighted by atomic mass is 10.0. The van der Waals surface area contributed by atoms with Gasteiger partial charge < -0.3 is 14.4 Å². The van der Waals surface area contributed by atoms with Crippen molar-refractivity contribution in [1.29, 1.82) is 0 Å². The second-order valence-electron chi connectivity index (χ2n) is 5.60. The molecule has 2 aliphatic rings. The minimum absolute atomic E-state index is 0.0211. The number of carbonyl (C=O) groups is 3. The first kappa shape index (κ1) is 17.1. The van der Waals surface area contributed by atoms with E-state index in [1.54, 1.807) is 0 Å². The molecule has 1 aromatic rings. The summed E-state index contributed by atoms with van der Waals surface area (Å²) in [5.41, 5.74) is -0.00359. The van der Waals surface area contributed by atoms with Gasteiger partial charge in [-0.2, -0.15) is 0 Å². The Labute approximate surface area is 139 Å². The number of nitrogens with one attached hydrogen (secondary N) is 1. The minimum Gasteiger partial charge on any atom is -0.497 e. The number of imide groups is 1. The average Bonchev–Trinajstić information content (AvgIpc) is 2.83. The van der Waals surface area contributed by atoms with Crippen LogP contribution in [0, 0.1) is 0 Å². The number of ether oxygens (including phenoxy) is 2. The van der Waals surface area contributed by atoms with E-state index in [0.29, 0.717) is 0 Å². The summed E-state index contributed by atoms with van der Waals surface area (Å²) in [5.74, 6) is -2.24. The second kappa shape index (κ2) is 5.94. The molecular formula is C15H13F3N2O5. The lowest BCUT2D eigenvalue weighted by Gasteiger charge is -2.29. The van der Waals surface area contributed by atoms with Crippen LogP contribution in [0.3, 0.4) is 0 Å². The van der Waals surface area contributed by atoms with Crippen molar-refractivity contribution in [2.45, 2.75) is 31.8 Å². The Kier molecular flexibility index (Phi) is 4.05. The van der Waals surface area contributed by atoms with Crippen LogP contribution >= 0.6 is 0 Å². The molecule has 0 saturated carbocycles. The first-order valence-electron chi connectivity index (χ1n) is 7.31. The molecule has 10 heteroatoms. The highest BCUT2D eigenvalue weighted by Crippen LogP contribution is 2.39. The zero-order valence-corrected chi connectivity index (χ0v) is 13.0. The van der Waals surface area contributed by atoms with E-state index in [9.17, 15) is 27.6 Å². The third-order valence-corrected chi connectivity index (χ3v) is 4.05. The molecule has 25 heavy (non-hydrogen) atoms. The average molecular weight is 358 g/mol. The maximum absolute atomic E-state index is 12.6. The maximum atomic E-state index is 12.6. The monoisotopic (exact) mass is 358 g/mol. The summed E-state index contributed by atoms with van der Waals surface area (Å²) in [4.78, 5) is 36.9. The first-order chi connectivity index (χ1) is 11.7. The van der Waals surface area contributed by atoms with Crippen LogP contribution in [0.4, 0.5) is 13.2 Å². The number of amides is 3. The molecule has 3 amide bonds. The summed E-state index contributed by atoms with van der Waals surface area (Å²) < 4.78 is 46.8. The van der Waals surface area contributed by atoms with E-state index < -0.39 is 35.9 Å². The molecule has 1 unspecified atom stereocenters. The smallest absolute Gasteiger partial charge is 0.497 e. The maximum Gasteiger partial charge on any atom is 0.573 e. The van der Waals surface area contributed by atoms with Gasteiger partial charge in [0.25, 0.3) is 5.91 Å². The van der Waals surface area contributed by atoms with Crippen molar-refractivity contribution in [3.05, 3.63) is 23.3 Å². The Hall–Kier alpha value is -2.78. The number of nitrogens with zero attached hydrogens (tertiary/aromatic N) is 1. The Balaban J connectivity index is 1.96. The van der Waals surface area contributed by atoms with E-state index in [1.165, 1.54) is 13.2 Å². The van der Waals surface area contributed by atoms with Gasteiger partial charge in [0, 0.05) is 18.1 Å². The molecule has 1 aromatic carbocycles. The Bertz CT molecular complexity index is 762. The fourth-order valence-electron chi connectivity index (χ4n) is 2.94. The molecule has 1 fully saturated rings. The third kappa shape index (κ3) is 3.24. The summed E-state index contributed by atoms with van der Waals surface area (Å²) >= 11 is 0. The normalized spacial score (nSPS) is 20.4. The van der Waals surface area contributed by atoms with E-state index in [0.717, 1.165) is 11.0 Å². The van der Waals surface area contributed by atoms with Crippen LogP contribution in [0.1, 0.15) is 28.8 Å². The fourth-order valence-corrected chi connectivity index (χ4v) is 2.94. The van der Waals surface area contributed by atoms with Crippen LogP contribution in [0.15, 0.2) is 12.1 Å². The SMILES string of the molecule is COc1cc(OC(F)(F)F)c2c(c1)C(=O)N(C1CCC(=O)NC1=O)C2. The van der Waals surface area contributed by atoms with Crippen LogP contribution in [-0.4, -0.2) is 42.1 Å². The number of alkyl halides is 3. The lowest BCUT2D eigenvalue weighted by Crippen LogP contribution is -2.52. The molecular weight excluding hydrogens is 345 g/mol. The highest BCUT2D eigenvalue weighted by Gasteiger charge is 2.42. The number of hydrogen-bond donors (Lipinski definition) is 1. The second-order valence-corrected chi connectivity index (χ2v) is 5.60. The van der Waals surface area contributed by atoms with Crippen molar-refractivity contribution in [2.75, 3.05) is 7.11 Å². The van der Waals surface area contributed by atoms with Crippen molar-refractivity contribution in [3.63, 3.8) is 0 Å². The number of fused-ring (bicyclic) bond motifs is 1. The number of rotatable bonds is 3. The van der Waals surface area contributed by atoms with E-state index in [-0.39, 0.29) is 36.3 Å². The van der Waals surface area contributed by atoms with Gasteiger partial charge in [0.2, 0.25) is 11.8 Å². The molecule has 3 rings (SSSR count). The first-order valence-corrected chi connectivity index (χ1v) is 7.31. The van der Waals surface area contributed by atoms with Crippen LogP contribution < -0.4 is 14.8 Å². The summed E-state index contributed by atoms with van der Waals surface area (Å²) in [7, 11) is 1.25. The summed E-state index contributed by atoms with van der Waals surface area (Å²) in [6.45, 7) is -0.226. The van der Waals surface area contributed by atoms with Crippen LogP contribution in [-0.2, 0) is 16.1 Å². The summed E-state index contributed by atoms with van der Waals surface area (Å²) in [5, 5.41) is 2.12. The van der Waals surface area contributed by atoms with E-state index in [1.807, 2.05) is 0 Å².